The van der Waals surface area contributed by atoms with E-state index in [9.17, 15) is 4.79 Å². The van der Waals surface area contributed by atoms with Crippen molar-refractivity contribution >= 4 is 21.8 Å². The second kappa shape index (κ2) is 9.83. The van der Waals surface area contributed by atoms with E-state index >= 15 is 0 Å². The van der Waals surface area contributed by atoms with E-state index in [0.717, 1.165) is 22.0 Å². The molecule has 0 saturated heterocycles. The Hall–Kier alpha value is -2.47. The number of carbonyl (C=O) groups excluding carboxylic acids is 1. The summed E-state index contributed by atoms with van der Waals surface area (Å²) in [5, 5.41) is 8.24. The smallest absolute Gasteiger partial charge is 0.247 e. The van der Waals surface area contributed by atoms with E-state index in [2.05, 4.69) is 46.0 Å². The molecule has 1 atom stereocenters. The highest BCUT2D eigenvalue weighted by molar-refractivity contribution is 9.10. The highest BCUT2D eigenvalue weighted by Gasteiger charge is 2.22. The maximum atomic E-state index is 13.0. The van der Waals surface area contributed by atoms with Gasteiger partial charge in [0.05, 0.1) is 6.04 Å². The monoisotopic (exact) mass is 455 g/mol. The van der Waals surface area contributed by atoms with Gasteiger partial charge in [-0.05, 0) is 44.0 Å². The van der Waals surface area contributed by atoms with Crippen LogP contribution in [-0.2, 0) is 11.2 Å². The molecule has 1 amide bonds. The Morgan fingerprint density at radius 1 is 1.14 bits per heavy atom. The molecule has 0 aliphatic carbocycles. The quantitative estimate of drug-likeness (QED) is 0.434. The molecule has 3 rings (SSSR count). The summed E-state index contributed by atoms with van der Waals surface area (Å²) in [4.78, 5) is 14.9. The number of amides is 1. The Labute approximate surface area is 180 Å². The lowest BCUT2D eigenvalue weighted by molar-refractivity contribution is -0.133. The van der Waals surface area contributed by atoms with Gasteiger partial charge in [0.2, 0.25) is 17.7 Å². The molecule has 1 unspecified atom stereocenters. The van der Waals surface area contributed by atoms with Gasteiger partial charge in [0.25, 0.3) is 0 Å². The first kappa shape index (κ1) is 21.2. The molecular formula is C23H26BrN3O2. The lowest BCUT2D eigenvalue weighted by Gasteiger charge is -2.30. The summed E-state index contributed by atoms with van der Waals surface area (Å²) in [6, 6.07) is 16.0. The second-order valence-corrected chi connectivity index (χ2v) is 8.01. The average Bonchev–Trinajstić information content (AvgIpc) is 3.20. The minimum Gasteiger partial charge on any atom is -0.421 e. The van der Waals surface area contributed by atoms with Crippen molar-refractivity contribution in [2.24, 2.45) is 0 Å². The van der Waals surface area contributed by atoms with E-state index in [-0.39, 0.29) is 11.9 Å². The number of aryl methyl sites for hydroxylation is 2. The molecular weight excluding hydrogens is 430 g/mol. The predicted octanol–water partition coefficient (Wildman–Crippen LogP) is 5.74. The zero-order valence-electron chi connectivity index (χ0n) is 17.1. The number of nitrogens with zero attached hydrogens (tertiary/aromatic N) is 3. The number of aromatic nitrogens is 2. The fraction of sp³-hybridized carbons (Fsp3) is 0.348. The fourth-order valence-electron chi connectivity index (χ4n) is 3.28. The third-order valence-electron chi connectivity index (χ3n) is 4.93. The Morgan fingerprint density at radius 3 is 2.55 bits per heavy atom. The van der Waals surface area contributed by atoms with Crippen molar-refractivity contribution in [2.75, 3.05) is 6.54 Å². The van der Waals surface area contributed by atoms with Crippen molar-refractivity contribution in [3.05, 3.63) is 70.0 Å². The molecule has 0 spiro atoms. The zero-order chi connectivity index (χ0) is 20.8. The van der Waals surface area contributed by atoms with Crippen molar-refractivity contribution in [3.8, 4) is 11.5 Å². The summed E-state index contributed by atoms with van der Waals surface area (Å²) < 4.78 is 6.78. The molecule has 152 valence electrons. The van der Waals surface area contributed by atoms with Crippen LogP contribution < -0.4 is 0 Å². The minimum atomic E-state index is -0.0103. The first-order valence-electron chi connectivity index (χ1n) is 9.93. The van der Waals surface area contributed by atoms with Gasteiger partial charge in [-0.3, -0.25) is 4.79 Å². The van der Waals surface area contributed by atoms with E-state index in [1.807, 2.05) is 54.3 Å². The molecule has 2 aromatic carbocycles. The minimum absolute atomic E-state index is 0.0103. The van der Waals surface area contributed by atoms with Crippen LogP contribution in [0.15, 0.2) is 57.4 Å². The number of hydrogen-bond donors (Lipinski definition) is 0. The number of carbonyl (C=O) groups is 1. The molecule has 3 aromatic rings. The number of rotatable bonds is 8. The number of halogens is 1. The molecule has 0 aliphatic heterocycles. The highest BCUT2D eigenvalue weighted by Crippen LogP contribution is 2.28. The Balaban J connectivity index is 1.66. The Morgan fingerprint density at radius 2 is 1.86 bits per heavy atom. The van der Waals surface area contributed by atoms with E-state index < -0.39 is 0 Å². The number of benzene rings is 2. The largest absolute Gasteiger partial charge is 0.421 e. The van der Waals surface area contributed by atoms with Crippen LogP contribution in [0, 0.1) is 6.92 Å². The summed E-state index contributed by atoms with van der Waals surface area (Å²) >= 11 is 3.60. The number of hydrogen-bond acceptors (Lipinski definition) is 4. The molecule has 29 heavy (non-hydrogen) atoms. The molecule has 0 fully saturated rings. The summed E-state index contributed by atoms with van der Waals surface area (Å²) in [6.07, 6.45) is 1.67. The maximum Gasteiger partial charge on any atom is 0.247 e. The summed E-state index contributed by atoms with van der Waals surface area (Å²) in [5.41, 5.74) is 3.17. The van der Waals surface area contributed by atoms with Crippen LogP contribution in [-0.4, -0.2) is 27.5 Å². The van der Waals surface area contributed by atoms with Crippen molar-refractivity contribution in [3.63, 3.8) is 0 Å². The van der Waals surface area contributed by atoms with Gasteiger partial charge in [-0.25, -0.2) is 0 Å². The van der Waals surface area contributed by atoms with E-state index in [1.165, 1.54) is 5.56 Å². The molecule has 0 saturated carbocycles. The summed E-state index contributed by atoms with van der Waals surface area (Å²) in [5.74, 6) is 1.06. The van der Waals surface area contributed by atoms with Crippen LogP contribution in [0.3, 0.4) is 0 Å². The predicted molar refractivity (Wildman–Crippen MR) is 117 cm³/mol. The molecule has 0 N–H and O–H groups in total. The lowest BCUT2D eigenvalue weighted by Crippen LogP contribution is -2.34. The maximum absolute atomic E-state index is 13.0. The van der Waals surface area contributed by atoms with Gasteiger partial charge in [-0.2, -0.15) is 0 Å². The molecule has 1 heterocycles. The van der Waals surface area contributed by atoms with Gasteiger partial charge in [0.1, 0.15) is 0 Å². The van der Waals surface area contributed by atoms with Gasteiger partial charge in [0.15, 0.2) is 0 Å². The molecule has 1 aromatic heterocycles. The molecule has 0 aliphatic rings. The first-order valence-corrected chi connectivity index (χ1v) is 10.7. The molecule has 5 nitrogen and oxygen atoms in total. The van der Waals surface area contributed by atoms with Gasteiger partial charge in [-0.15, -0.1) is 10.2 Å². The highest BCUT2D eigenvalue weighted by atomic mass is 79.9. The van der Waals surface area contributed by atoms with E-state index in [0.29, 0.717) is 31.2 Å². The van der Waals surface area contributed by atoms with E-state index in [1.54, 1.807) is 0 Å². The third kappa shape index (κ3) is 5.32. The van der Waals surface area contributed by atoms with Crippen LogP contribution in [0.1, 0.15) is 49.7 Å². The first-order chi connectivity index (χ1) is 14.0. The standard InChI is InChI=1S/C23H26BrN3O2/c1-4-15-27(17(3)19-7-5-6-8-20(19)24)22(28)14-13-21-25-26-23(29-21)18-11-9-16(2)10-12-18/h5-12,17H,4,13-15H2,1-3H3. The van der Waals surface area contributed by atoms with Crippen LogP contribution in [0.5, 0.6) is 0 Å². The molecule has 0 bridgehead atoms. The summed E-state index contributed by atoms with van der Waals surface area (Å²) in [6.45, 7) is 6.89. The van der Waals surface area contributed by atoms with Crippen molar-refractivity contribution < 1.29 is 9.21 Å². The van der Waals surface area contributed by atoms with Gasteiger partial charge >= 0.3 is 0 Å². The van der Waals surface area contributed by atoms with Crippen molar-refractivity contribution in [1.29, 1.82) is 0 Å². The topological polar surface area (TPSA) is 59.2 Å². The van der Waals surface area contributed by atoms with Crippen LogP contribution in [0.4, 0.5) is 0 Å². The SMILES string of the molecule is CCCN(C(=O)CCc1nnc(-c2ccc(C)cc2)o1)C(C)c1ccccc1Br. The van der Waals surface area contributed by atoms with Gasteiger partial charge < -0.3 is 9.32 Å². The van der Waals surface area contributed by atoms with Gasteiger partial charge in [0, 0.05) is 29.4 Å². The van der Waals surface area contributed by atoms with E-state index in [4.69, 9.17) is 4.42 Å². The molecule has 0 radical (unpaired) electrons. The lowest BCUT2D eigenvalue weighted by atomic mass is 10.1. The zero-order valence-corrected chi connectivity index (χ0v) is 18.6. The Bertz CT molecular complexity index is 953. The normalized spacial score (nSPS) is 12.0. The van der Waals surface area contributed by atoms with Crippen molar-refractivity contribution in [1.82, 2.24) is 15.1 Å². The summed E-state index contributed by atoms with van der Waals surface area (Å²) in [7, 11) is 0. The fourth-order valence-corrected chi connectivity index (χ4v) is 3.90. The van der Waals surface area contributed by atoms with Crippen LogP contribution in [0.2, 0.25) is 0 Å². The van der Waals surface area contributed by atoms with Crippen LogP contribution >= 0.6 is 15.9 Å². The molecule has 6 heteroatoms. The van der Waals surface area contributed by atoms with Gasteiger partial charge in [-0.1, -0.05) is 58.7 Å². The average molecular weight is 456 g/mol. The third-order valence-corrected chi connectivity index (χ3v) is 5.65. The van der Waals surface area contributed by atoms with Crippen LogP contribution in [0.25, 0.3) is 11.5 Å². The van der Waals surface area contributed by atoms with Crippen molar-refractivity contribution in [2.45, 2.75) is 46.1 Å². The Kier molecular flexibility index (Phi) is 7.20. The second-order valence-electron chi connectivity index (χ2n) is 7.15.